The number of amides is 1. The van der Waals surface area contributed by atoms with Crippen LogP contribution in [0.4, 0.5) is 0 Å². The Balaban J connectivity index is 2.14. The van der Waals surface area contributed by atoms with E-state index in [-0.39, 0.29) is 11.8 Å². The lowest BCUT2D eigenvalue weighted by Gasteiger charge is -2.26. The summed E-state index contributed by atoms with van der Waals surface area (Å²) in [5.41, 5.74) is 0. The van der Waals surface area contributed by atoms with Gasteiger partial charge in [-0.2, -0.15) is 0 Å². The lowest BCUT2D eigenvalue weighted by Crippen LogP contribution is -2.39. The molecule has 1 aliphatic carbocycles. The molecule has 19 heavy (non-hydrogen) atoms. The summed E-state index contributed by atoms with van der Waals surface area (Å²) in [7, 11) is 0. The Labute approximate surface area is 116 Å². The van der Waals surface area contributed by atoms with E-state index in [0.717, 1.165) is 19.3 Å². The normalized spacial score (nSPS) is 25.3. The maximum Gasteiger partial charge on any atom is 0.223 e. The van der Waals surface area contributed by atoms with Gasteiger partial charge in [0.1, 0.15) is 0 Å². The Morgan fingerprint density at radius 3 is 2.74 bits per heavy atom. The zero-order valence-corrected chi connectivity index (χ0v) is 12.5. The third-order valence-corrected chi connectivity index (χ3v) is 3.58. The number of ether oxygens (including phenoxy) is 1. The van der Waals surface area contributed by atoms with Crippen LogP contribution >= 0.6 is 0 Å². The second-order valence-corrected chi connectivity index (χ2v) is 6.30. The Bertz CT molecular complexity index is 268. The molecule has 3 unspecified atom stereocenters. The smallest absolute Gasteiger partial charge is 0.223 e. The van der Waals surface area contributed by atoms with Gasteiger partial charge in [0.05, 0.1) is 12.7 Å². The summed E-state index contributed by atoms with van der Waals surface area (Å²) in [5, 5.41) is 12.6. The molecule has 4 heteroatoms. The summed E-state index contributed by atoms with van der Waals surface area (Å²) in [6.07, 6.45) is 3.72. The van der Waals surface area contributed by atoms with E-state index in [2.05, 4.69) is 26.1 Å². The second kappa shape index (κ2) is 8.54. The molecule has 1 fully saturated rings. The maximum absolute atomic E-state index is 12.0. The van der Waals surface area contributed by atoms with Gasteiger partial charge in [-0.15, -0.1) is 0 Å². The number of aliphatic hydroxyl groups is 1. The van der Waals surface area contributed by atoms with Gasteiger partial charge in [0.15, 0.2) is 0 Å². The van der Waals surface area contributed by atoms with Crippen LogP contribution in [0, 0.1) is 17.8 Å². The fourth-order valence-corrected chi connectivity index (χ4v) is 2.53. The van der Waals surface area contributed by atoms with Crippen molar-refractivity contribution in [2.24, 2.45) is 17.8 Å². The van der Waals surface area contributed by atoms with Crippen molar-refractivity contribution in [2.75, 3.05) is 19.8 Å². The highest BCUT2D eigenvalue weighted by Crippen LogP contribution is 2.28. The van der Waals surface area contributed by atoms with Gasteiger partial charge in [0, 0.05) is 19.1 Å². The molecule has 0 radical (unpaired) electrons. The topological polar surface area (TPSA) is 58.6 Å². The van der Waals surface area contributed by atoms with Crippen molar-refractivity contribution in [2.45, 2.75) is 52.6 Å². The molecule has 0 aromatic carbocycles. The van der Waals surface area contributed by atoms with Gasteiger partial charge in [0.2, 0.25) is 5.91 Å². The van der Waals surface area contributed by atoms with Crippen molar-refractivity contribution >= 4 is 5.91 Å². The predicted molar refractivity (Wildman–Crippen MR) is 75.8 cm³/mol. The van der Waals surface area contributed by atoms with E-state index < -0.39 is 6.10 Å². The van der Waals surface area contributed by atoms with Crippen molar-refractivity contribution < 1.29 is 14.6 Å². The highest BCUT2D eigenvalue weighted by atomic mass is 16.5. The van der Waals surface area contributed by atoms with Crippen LogP contribution < -0.4 is 5.32 Å². The third kappa shape index (κ3) is 6.92. The van der Waals surface area contributed by atoms with Crippen LogP contribution in [0.5, 0.6) is 0 Å². The van der Waals surface area contributed by atoms with Crippen LogP contribution in [-0.4, -0.2) is 36.9 Å². The lowest BCUT2D eigenvalue weighted by molar-refractivity contribution is -0.127. The first kappa shape index (κ1) is 16.4. The number of rotatable bonds is 7. The summed E-state index contributed by atoms with van der Waals surface area (Å²) in [5.74, 6) is 1.33. The van der Waals surface area contributed by atoms with E-state index in [4.69, 9.17) is 4.74 Å². The number of aliphatic hydroxyl groups excluding tert-OH is 1. The fourth-order valence-electron chi connectivity index (χ4n) is 2.53. The highest BCUT2D eigenvalue weighted by Gasteiger charge is 2.25. The van der Waals surface area contributed by atoms with E-state index in [9.17, 15) is 9.90 Å². The minimum absolute atomic E-state index is 0.0921. The monoisotopic (exact) mass is 271 g/mol. The first-order valence-electron chi connectivity index (χ1n) is 7.52. The van der Waals surface area contributed by atoms with Gasteiger partial charge in [-0.1, -0.05) is 33.6 Å². The van der Waals surface area contributed by atoms with Crippen LogP contribution in [0.2, 0.25) is 0 Å². The molecule has 1 amide bonds. The fraction of sp³-hybridized carbons (Fsp3) is 0.933. The number of nitrogens with one attached hydrogen (secondary N) is 1. The van der Waals surface area contributed by atoms with E-state index in [0.29, 0.717) is 31.6 Å². The largest absolute Gasteiger partial charge is 0.389 e. The Morgan fingerprint density at radius 2 is 2.11 bits per heavy atom. The summed E-state index contributed by atoms with van der Waals surface area (Å²) in [6, 6.07) is 0. The standard InChI is InChI=1S/C15H29NO3/c1-11(2)9-19-10-14(17)8-16-15(18)13-6-4-5-12(3)7-13/h11-14,17H,4-10H2,1-3H3,(H,16,18). The zero-order valence-electron chi connectivity index (χ0n) is 12.5. The zero-order chi connectivity index (χ0) is 14.3. The SMILES string of the molecule is CC(C)COCC(O)CNC(=O)C1CCCC(C)C1. The number of carbonyl (C=O) groups is 1. The van der Waals surface area contributed by atoms with Gasteiger partial charge in [0.25, 0.3) is 0 Å². The van der Waals surface area contributed by atoms with E-state index in [1.807, 2.05) is 0 Å². The molecule has 112 valence electrons. The minimum atomic E-state index is -0.608. The third-order valence-electron chi connectivity index (χ3n) is 3.58. The Kier molecular flexibility index (Phi) is 7.39. The molecule has 0 heterocycles. The summed E-state index contributed by atoms with van der Waals surface area (Å²) in [4.78, 5) is 12.0. The van der Waals surface area contributed by atoms with Crippen molar-refractivity contribution in [3.63, 3.8) is 0 Å². The number of carbonyl (C=O) groups excluding carboxylic acids is 1. The second-order valence-electron chi connectivity index (χ2n) is 6.30. The molecule has 1 saturated carbocycles. The Morgan fingerprint density at radius 1 is 1.37 bits per heavy atom. The molecule has 0 spiro atoms. The Hall–Kier alpha value is -0.610. The summed E-state index contributed by atoms with van der Waals surface area (Å²) < 4.78 is 5.35. The van der Waals surface area contributed by atoms with Crippen LogP contribution in [-0.2, 0) is 9.53 Å². The molecule has 0 aliphatic heterocycles. The molecule has 1 rings (SSSR count). The minimum Gasteiger partial charge on any atom is -0.389 e. The lowest BCUT2D eigenvalue weighted by atomic mass is 9.82. The average molecular weight is 271 g/mol. The van der Waals surface area contributed by atoms with E-state index in [1.165, 1.54) is 6.42 Å². The molecule has 0 aromatic heterocycles. The van der Waals surface area contributed by atoms with Gasteiger partial charge >= 0.3 is 0 Å². The van der Waals surface area contributed by atoms with E-state index in [1.54, 1.807) is 0 Å². The van der Waals surface area contributed by atoms with Gasteiger partial charge < -0.3 is 15.2 Å². The van der Waals surface area contributed by atoms with Gasteiger partial charge in [-0.05, 0) is 24.7 Å². The summed E-state index contributed by atoms with van der Waals surface area (Å²) in [6.45, 7) is 7.57. The highest BCUT2D eigenvalue weighted by molar-refractivity contribution is 5.78. The van der Waals surface area contributed by atoms with Crippen LogP contribution in [0.1, 0.15) is 46.5 Å². The van der Waals surface area contributed by atoms with Crippen molar-refractivity contribution in [3.8, 4) is 0 Å². The van der Waals surface area contributed by atoms with Crippen LogP contribution in [0.25, 0.3) is 0 Å². The first-order chi connectivity index (χ1) is 8.99. The molecule has 0 aromatic rings. The van der Waals surface area contributed by atoms with Gasteiger partial charge in [-0.25, -0.2) is 0 Å². The molecule has 1 aliphatic rings. The molecular formula is C15H29NO3. The van der Waals surface area contributed by atoms with Crippen molar-refractivity contribution in [3.05, 3.63) is 0 Å². The van der Waals surface area contributed by atoms with Crippen molar-refractivity contribution in [1.82, 2.24) is 5.32 Å². The molecule has 4 nitrogen and oxygen atoms in total. The number of hydrogen-bond donors (Lipinski definition) is 2. The van der Waals surface area contributed by atoms with Crippen molar-refractivity contribution in [1.29, 1.82) is 0 Å². The van der Waals surface area contributed by atoms with Crippen LogP contribution in [0.3, 0.4) is 0 Å². The molecule has 2 N–H and O–H groups in total. The first-order valence-corrected chi connectivity index (χ1v) is 7.52. The van der Waals surface area contributed by atoms with E-state index >= 15 is 0 Å². The molecule has 0 bridgehead atoms. The molecule has 0 saturated heterocycles. The number of hydrogen-bond acceptors (Lipinski definition) is 3. The summed E-state index contributed by atoms with van der Waals surface area (Å²) >= 11 is 0. The average Bonchev–Trinajstić information content (AvgIpc) is 2.35. The predicted octanol–water partition coefficient (Wildman–Crippen LogP) is 1.96. The molecular weight excluding hydrogens is 242 g/mol. The molecule has 3 atom stereocenters. The van der Waals surface area contributed by atoms with Crippen LogP contribution in [0.15, 0.2) is 0 Å². The maximum atomic E-state index is 12.0. The van der Waals surface area contributed by atoms with Gasteiger partial charge in [-0.3, -0.25) is 4.79 Å². The quantitative estimate of drug-likeness (QED) is 0.744.